The second-order valence-electron chi connectivity index (χ2n) is 8.20. The molecule has 6 heteroatoms. The number of rotatable bonds is 5. The van der Waals surface area contributed by atoms with Crippen molar-refractivity contribution >= 4 is 5.91 Å². The lowest BCUT2D eigenvalue weighted by molar-refractivity contribution is 0.0885. The molecule has 1 amide bonds. The largest absolute Gasteiger partial charge is 0.349 e. The van der Waals surface area contributed by atoms with Gasteiger partial charge in [-0.2, -0.15) is 5.10 Å². The van der Waals surface area contributed by atoms with Gasteiger partial charge in [-0.05, 0) is 62.9 Å². The first-order chi connectivity index (χ1) is 13.8. The average molecular weight is 382 g/mol. The Balaban J connectivity index is 1.37. The van der Waals surface area contributed by atoms with Gasteiger partial charge in [-0.3, -0.25) is 4.79 Å². The molecule has 2 aromatic rings. The Kier molecular flexibility index (Phi) is 6.37. The van der Waals surface area contributed by atoms with E-state index in [4.69, 9.17) is 0 Å². The molecule has 1 N–H and O–H groups in total. The molecule has 1 saturated heterocycles. The summed E-state index contributed by atoms with van der Waals surface area (Å²) >= 11 is 0. The minimum absolute atomic E-state index is 0.00715. The van der Waals surface area contributed by atoms with E-state index < -0.39 is 0 Å². The highest BCUT2D eigenvalue weighted by molar-refractivity contribution is 5.94. The maximum atomic E-state index is 12.8. The van der Waals surface area contributed by atoms with Crippen LogP contribution < -0.4 is 5.32 Å². The summed E-state index contributed by atoms with van der Waals surface area (Å²) in [6.45, 7) is 3.56. The zero-order valence-electron chi connectivity index (χ0n) is 16.6. The monoisotopic (exact) mass is 381 g/mol. The summed E-state index contributed by atoms with van der Waals surface area (Å²) in [5.74, 6) is 1.28. The molecule has 1 aliphatic carbocycles. The van der Waals surface area contributed by atoms with Gasteiger partial charge >= 0.3 is 0 Å². The second kappa shape index (κ2) is 9.32. The van der Waals surface area contributed by atoms with Crippen molar-refractivity contribution < 1.29 is 4.79 Å². The number of amides is 1. The number of hydrogen-bond acceptors (Lipinski definition) is 4. The zero-order chi connectivity index (χ0) is 19.2. The Morgan fingerprint density at radius 1 is 1.07 bits per heavy atom. The highest BCUT2D eigenvalue weighted by Gasteiger charge is 2.28. The van der Waals surface area contributed by atoms with E-state index >= 15 is 0 Å². The number of carbonyl (C=O) groups excluding carboxylic acids is 1. The molecule has 1 saturated carbocycles. The minimum atomic E-state index is -0.00715. The fourth-order valence-corrected chi connectivity index (χ4v) is 4.58. The summed E-state index contributed by atoms with van der Waals surface area (Å²) in [6, 6.07) is 5.81. The van der Waals surface area contributed by atoms with Crippen molar-refractivity contribution in [1.82, 2.24) is 25.0 Å². The summed E-state index contributed by atoms with van der Waals surface area (Å²) in [5.41, 5.74) is 0.620. The van der Waals surface area contributed by atoms with Crippen LogP contribution in [-0.4, -0.2) is 51.2 Å². The molecule has 4 rings (SSSR count). The summed E-state index contributed by atoms with van der Waals surface area (Å²) in [4.78, 5) is 19.8. The van der Waals surface area contributed by atoms with Crippen LogP contribution in [0.25, 0.3) is 5.82 Å². The van der Waals surface area contributed by atoms with Crippen molar-refractivity contribution in [2.24, 2.45) is 5.92 Å². The minimum Gasteiger partial charge on any atom is -0.349 e. The molecule has 0 spiro atoms. The van der Waals surface area contributed by atoms with Gasteiger partial charge < -0.3 is 10.2 Å². The number of pyridine rings is 1. The van der Waals surface area contributed by atoms with Gasteiger partial charge in [0.05, 0.1) is 5.56 Å². The second-order valence-corrected chi connectivity index (χ2v) is 8.20. The predicted molar refractivity (Wildman–Crippen MR) is 109 cm³/mol. The Labute approximate surface area is 167 Å². The molecule has 2 unspecified atom stereocenters. The van der Waals surface area contributed by atoms with E-state index in [9.17, 15) is 4.79 Å². The van der Waals surface area contributed by atoms with Crippen LogP contribution >= 0.6 is 0 Å². The van der Waals surface area contributed by atoms with Crippen LogP contribution in [-0.2, 0) is 0 Å². The van der Waals surface area contributed by atoms with Crippen molar-refractivity contribution in [1.29, 1.82) is 0 Å². The van der Waals surface area contributed by atoms with Crippen molar-refractivity contribution in [2.75, 3.05) is 19.6 Å². The van der Waals surface area contributed by atoms with E-state index in [1.807, 2.05) is 24.4 Å². The third-order valence-corrected chi connectivity index (χ3v) is 6.17. The lowest BCUT2D eigenvalue weighted by Gasteiger charge is -2.35. The Hall–Kier alpha value is -2.21. The molecular formula is C22H31N5O. The van der Waals surface area contributed by atoms with Gasteiger partial charge in [0.1, 0.15) is 0 Å². The van der Waals surface area contributed by atoms with E-state index in [1.165, 1.54) is 58.0 Å². The number of aromatic nitrogens is 3. The van der Waals surface area contributed by atoms with Gasteiger partial charge in [0.2, 0.25) is 0 Å². The molecular weight excluding hydrogens is 350 g/mol. The van der Waals surface area contributed by atoms with E-state index in [2.05, 4.69) is 20.3 Å². The van der Waals surface area contributed by atoms with E-state index in [-0.39, 0.29) is 11.9 Å². The first kappa shape index (κ1) is 19.1. The topological polar surface area (TPSA) is 63.1 Å². The molecule has 1 aliphatic heterocycles. The number of carbonyl (C=O) groups is 1. The normalized spacial score (nSPS) is 23.9. The lowest BCUT2D eigenvalue weighted by atomic mass is 9.84. The molecule has 3 heterocycles. The molecule has 6 nitrogen and oxygen atoms in total. The van der Waals surface area contributed by atoms with Crippen molar-refractivity contribution in [3.63, 3.8) is 0 Å². The van der Waals surface area contributed by atoms with Crippen molar-refractivity contribution in [2.45, 2.75) is 57.4 Å². The Bertz CT molecular complexity index is 735. The fourth-order valence-electron chi connectivity index (χ4n) is 4.58. The Morgan fingerprint density at radius 2 is 1.89 bits per heavy atom. The maximum absolute atomic E-state index is 12.8. The van der Waals surface area contributed by atoms with E-state index in [0.717, 1.165) is 18.8 Å². The van der Waals surface area contributed by atoms with E-state index in [1.54, 1.807) is 17.1 Å². The number of nitrogens with zero attached hydrogens (tertiary/aromatic N) is 4. The van der Waals surface area contributed by atoms with Crippen molar-refractivity contribution in [3.8, 4) is 5.82 Å². The molecule has 0 radical (unpaired) electrons. The molecule has 0 bridgehead atoms. The molecule has 2 aliphatic rings. The number of hydrogen-bond donors (Lipinski definition) is 1. The smallest absolute Gasteiger partial charge is 0.253 e. The first-order valence-corrected chi connectivity index (χ1v) is 10.8. The SMILES string of the molecule is O=C(NC1CCCCC1CN1CCCCCC1)c1ccc(-n2cccn2)nc1. The molecule has 2 aromatic heterocycles. The van der Waals surface area contributed by atoms with Gasteiger partial charge in [-0.25, -0.2) is 9.67 Å². The molecule has 2 fully saturated rings. The quantitative estimate of drug-likeness (QED) is 0.862. The third kappa shape index (κ3) is 4.79. The van der Waals surface area contributed by atoms with Crippen LogP contribution in [0.15, 0.2) is 36.8 Å². The van der Waals surface area contributed by atoms with Crippen LogP contribution in [0.3, 0.4) is 0 Å². The van der Waals surface area contributed by atoms with Crippen LogP contribution in [0.4, 0.5) is 0 Å². The van der Waals surface area contributed by atoms with Gasteiger partial charge in [0.25, 0.3) is 5.91 Å². The highest BCUT2D eigenvalue weighted by Crippen LogP contribution is 2.26. The predicted octanol–water partition coefficient (Wildman–Crippen LogP) is 3.43. The molecule has 0 aromatic carbocycles. The molecule has 150 valence electrons. The van der Waals surface area contributed by atoms with Crippen LogP contribution in [0.5, 0.6) is 0 Å². The van der Waals surface area contributed by atoms with Gasteiger partial charge in [0, 0.05) is 31.2 Å². The van der Waals surface area contributed by atoms with Gasteiger partial charge in [0.15, 0.2) is 5.82 Å². The number of nitrogens with one attached hydrogen (secondary N) is 1. The molecule has 28 heavy (non-hydrogen) atoms. The highest BCUT2D eigenvalue weighted by atomic mass is 16.1. The van der Waals surface area contributed by atoms with E-state index in [0.29, 0.717) is 11.5 Å². The third-order valence-electron chi connectivity index (χ3n) is 6.17. The van der Waals surface area contributed by atoms with Crippen LogP contribution in [0, 0.1) is 5.92 Å². The standard InChI is InChI=1S/C22H31N5O/c28-22(18-10-11-21(23-16-18)27-15-7-12-24-27)25-20-9-4-3-8-19(20)17-26-13-5-1-2-6-14-26/h7,10-12,15-16,19-20H,1-6,8-9,13-14,17H2,(H,25,28). The zero-order valence-corrected chi connectivity index (χ0v) is 16.6. The maximum Gasteiger partial charge on any atom is 0.253 e. The summed E-state index contributed by atoms with van der Waals surface area (Å²) < 4.78 is 1.69. The van der Waals surface area contributed by atoms with Gasteiger partial charge in [-0.15, -0.1) is 0 Å². The van der Waals surface area contributed by atoms with Gasteiger partial charge in [-0.1, -0.05) is 25.7 Å². The van der Waals surface area contributed by atoms with Crippen LogP contribution in [0.1, 0.15) is 61.7 Å². The summed E-state index contributed by atoms with van der Waals surface area (Å²) in [5, 5.41) is 7.49. The Morgan fingerprint density at radius 3 is 2.61 bits per heavy atom. The average Bonchev–Trinajstić information content (AvgIpc) is 3.15. The summed E-state index contributed by atoms with van der Waals surface area (Å²) in [7, 11) is 0. The van der Waals surface area contributed by atoms with Crippen molar-refractivity contribution in [3.05, 3.63) is 42.4 Å². The lowest BCUT2D eigenvalue weighted by Crippen LogP contribution is -2.46. The fraction of sp³-hybridized carbons (Fsp3) is 0.591. The summed E-state index contributed by atoms with van der Waals surface area (Å²) in [6.07, 6.45) is 15.4. The molecule has 2 atom stereocenters. The first-order valence-electron chi connectivity index (χ1n) is 10.8. The number of likely N-dealkylation sites (tertiary alicyclic amines) is 1. The van der Waals surface area contributed by atoms with Crippen LogP contribution in [0.2, 0.25) is 0 Å².